The molecular weight excluding hydrogens is 438 g/mol. The van der Waals surface area contributed by atoms with E-state index >= 15 is 0 Å². The molecule has 12 heteroatoms. The third-order valence-electron chi connectivity index (χ3n) is 5.26. The van der Waals surface area contributed by atoms with Gasteiger partial charge in [0.15, 0.2) is 6.29 Å². The zero-order valence-corrected chi connectivity index (χ0v) is 18.8. The molecule has 1 aliphatic heterocycles. The average molecular weight is 461 g/mol. The minimum absolute atomic E-state index is 0.157. The fourth-order valence-corrected chi connectivity index (χ4v) is 3.65. The van der Waals surface area contributed by atoms with Crippen molar-refractivity contribution in [3.05, 3.63) is 47.3 Å². The highest BCUT2D eigenvalue weighted by Crippen LogP contribution is 2.29. The first-order valence-electron chi connectivity index (χ1n) is 10.6. The number of carbonyl (C=O) groups is 2. The van der Waals surface area contributed by atoms with Crippen molar-refractivity contribution < 1.29 is 14.3 Å². The highest BCUT2D eigenvalue weighted by Gasteiger charge is 2.27. The molecule has 0 saturated heterocycles. The molecule has 2 N–H and O–H groups in total. The van der Waals surface area contributed by atoms with Crippen LogP contribution in [0.1, 0.15) is 33.9 Å². The van der Waals surface area contributed by atoms with Crippen molar-refractivity contribution in [3.8, 4) is 11.8 Å². The van der Waals surface area contributed by atoms with Crippen LogP contribution in [0.25, 0.3) is 5.69 Å². The summed E-state index contributed by atoms with van der Waals surface area (Å²) in [6.45, 7) is 3.14. The Morgan fingerprint density at radius 1 is 1.35 bits per heavy atom. The van der Waals surface area contributed by atoms with E-state index in [2.05, 4.69) is 36.8 Å². The number of amides is 2. The Balaban J connectivity index is 1.60. The van der Waals surface area contributed by atoms with Crippen molar-refractivity contribution in [1.82, 2.24) is 24.7 Å². The standard InChI is InChI=1S/C22H23N9O3/c1-14-26-13-31(29-14)19-8-15-4-3-6-30(21(15)27-18(19)12-32)22(33)28-20-9-17(24-5-7-34-2)16(10-23)11-25-20/h8-9,11-13H,3-7H2,1-2H3,(H2,24,25,28,33). The number of fused-ring (bicyclic) bond motifs is 1. The van der Waals surface area contributed by atoms with E-state index in [0.29, 0.717) is 61.0 Å². The van der Waals surface area contributed by atoms with E-state index in [1.807, 2.05) is 6.07 Å². The van der Waals surface area contributed by atoms with Crippen LogP contribution in [0.15, 0.2) is 24.7 Å². The zero-order valence-electron chi connectivity index (χ0n) is 18.8. The Bertz CT molecular complexity index is 1260. The molecule has 0 fully saturated rings. The van der Waals surface area contributed by atoms with Crippen LogP contribution in [0.5, 0.6) is 0 Å². The lowest BCUT2D eigenvalue weighted by Gasteiger charge is -2.29. The largest absolute Gasteiger partial charge is 0.383 e. The van der Waals surface area contributed by atoms with E-state index in [-0.39, 0.29) is 11.5 Å². The van der Waals surface area contributed by atoms with Gasteiger partial charge in [0.05, 0.1) is 23.5 Å². The van der Waals surface area contributed by atoms with Gasteiger partial charge in [0, 0.05) is 32.5 Å². The average Bonchev–Trinajstić information content (AvgIpc) is 3.29. The Hall–Kier alpha value is -4.37. The number of urea groups is 1. The summed E-state index contributed by atoms with van der Waals surface area (Å²) in [5, 5.41) is 19.4. The summed E-state index contributed by atoms with van der Waals surface area (Å²) >= 11 is 0. The van der Waals surface area contributed by atoms with Crippen LogP contribution in [0, 0.1) is 18.3 Å². The molecule has 3 aromatic rings. The lowest BCUT2D eigenvalue weighted by atomic mass is 10.0. The second kappa shape index (κ2) is 10.1. The highest BCUT2D eigenvalue weighted by molar-refractivity contribution is 6.02. The van der Waals surface area contributed by atoms with Crippen molar-refractivity contribution in [1.29, 1.82) is 5.26 Å². The molecule has 4 rings (SSSR count). The van der Waals surface area contributed by atoms with Crippen LogP contribution in [-0.4, -0.2) is 63.9 Å². The van der Waals surface area contributed by atoms with E-state index < -0.39 is 6.03 Å². The first-order valence-corrected chi connectivity index (χ1v) is 10.6. The van der Waals surface area contributed by atoms with E-state index in [0.717, 1.165) is 12.0 Å². The van der Waals surface area contributed by atoms with Gasteiger partial charge in [0.2, 0.25) is 0 Å². The van der Waals surface area contributed by atoms with Gasteiger partial charge in [0.1, 0.15) is 35.6 Å². The molecule has 0 spiro atoms. The van der Waals surface area contributed by atoms with Crippen LogP contribution >= 0.6 is 0 Å². The van der Waals surface area contributed by atoms with Gasteiger partial charge in [-0.25, -0.2) is 24.4 Å². The lowest BCUT2D eigenvalue weighted by Crippen LogP contribution is -2.40. The van der Waals surface area contributed by atoms with Gasteiger partial charge in [0.25, 0.3) is 0 Å². The minimum atomic E-state index is -0.435. The molecule has 0 bridgehead atoms. The summed E-state index contributed by atoms with van der Waals surface area (Å²) in [4.78, 5) is 39.1. The molecule has 0 saturated carbocycles. The number of anilines is 3. The number of pyridine rings is 2. The number of nitrogens with zero attached hydrogens (tertiary/aromatic N) is 7. The zero-order chi connectivity index (χ0) is 24.1. The van der Waals surface area contributed by atoms with Gasteiger partial charge in [-0.15, -0.1) is 0 Å². The maximum atomic E-state index is 13.1. The molecule has 34 heavy (non-hydrogen) atoms. The second-order valence-corrected chi connectivity index (χ2v) is 7.56. The number of methoxy groups -OCH3 is 1. The monoisotopic (exact) mass is 461 g/mol. The Labute approximate surface area is 195 Å². The molecule has 0 atom stereocenters. The van der Waals surface area contributed by atoms with Gasteiger partial charge in [-0.05, 0) is 31.4 Å². The molecular formula is C22H23N9O3. The second-order valence-electron chi connectivity index (χ2n) is 7.56. The van der Waals surface area contributed by atoms with Gasteiger partial charge >= 0.3 is 6.03 Å². The van der Waals surface area contributed by atoms with Crippen molar-refractivity contribution >= 4 is 29.6 Å². The third-order valence-corrected chi connectivity index (χ3v) is 5.26. The number of ether oxygens (including phenoxy) is 1. The molecule has 174 valence electrons. The fraction of sp³-hybridized carbons (Fsp3) is 0.318. The van der Waals surface area contributed by atoms with E-state index in [1.54, 1.807) is 20.1 Å². The maximum absolute atomic E-state index is 13.1. The first-order chi connectivity index (χ1) is 16.5. The Morgan fingerprint density at radius 2 is 2.21 bits per heavy atom. The molecule has 2 amide bonds. The fourth-order valence-electron chi connectivity index (χ4n) is 3.65. The predicted octanol–water partition coefficient (Wildman–Crippen LogP) is 2.09. The summed E-state index contributed by atoms with van der Waals surface area (Å²) < 4.78 is 6.53. The van der Waals surface area contributed by atoms with E-state index in [9.17, 15) is 14.9 Å². The van der Waals surface area contributed by atoms with Crippen LogP contribution < -0.4 is 15.5 Å². The molecule has 0 aromatic carbocycles. The summed E-state index contributed by atoms with van der Waals surface area (Å²) in [7, 11) is 1.58. The van der Waals surface area contributed by atoms with E-state index in [1.165, 1.54) is 22.1 Å². The SMILES string of the molecule is COCCNc1cc(NC(=O)N2CCCc3cc(-n4cnc(C)n4)c(C=O)nc32)ncc1C#N. The summed E-state index contributed by atoms with van der Waals surface area (Å²) in [6.07, 6.45) is 4.98. The number of aldehydes is 1. The maximum Gasteiger partial charge on any atom is 0.328 e. The van der Waals surface area contributed by atoms with Crippen molar-refractivity contribution in [3.63, 3.8) is 0 Å². The summed E-state index contributed by atoms with van der Waals surface area (Å²) in [5.74, 6) is 1.27. The summed E-state index contributed by atoms with van der Waals surface area (Å²) in [5.41, 5.74) is 2.38. The van der Waals surface area contributed by atoms with Crippen molar-refractivity contribution in [2.75, 3.05) is 42.3 Å². The van der Waals surface area contributed by atoms with Crippen LogP contribution in [-0.2, 0) is 11.2 Å². The van der Waals surface area contributed by atoms with Crippen molar-refractivity contribution in [2.24, 2.45) is 0 Å². The molecule has 12 nitrogen and oxygen atoms in total. The topological polar surface area (TPSA) is 151 Å². The molecule has 0 unspecified atom stereocenters. The number of carbonyl (C=O) groups excluding carboxylic acids is 2. The Morgan fingerprint density at radius 3 is 2.91 bits per heavy atom. The number of aromatic nitrogens is 5. The number of hydrogen-bond donors (Lipinski definition) is 2. The predicted molar refractivity (Wildman–Crippen MR) is 123 cm³/mol. The molecule has 1 aliphatic rings. The van der Waals surface area contributed by atoms with Gasteiger partial charge in [-0.3, -0.25) is 15.0 Å². The van der Waals surface area contributed by atoms with Crippen LogP contribution in [0.2, 0.25) is 0 Å². The van der Waals surface area contributed by atoms with Crippen LogP contribution in [0.4, 0.5) is 22.1 Å². The van der Waals surface area contributed by atoms with Gasteiger partial charge in [-0.2, -0.15) is 10.4 Å². The molecule has 4 heterocycles. The highest BCUT2D eigenvalue weighted by atomic mass is 16.5. The normalized spacial score (nSPS) is 12.6. The minimum Gasteiger partial charge on any atom is -0.383 e. The van der Waals surface area contributed by atoms with Gasteiger partial charge < -0.3 is 10.1 Å². The molecule has 3 aromatic heterocycles. The molecule has 0 radical (unpaired) electrons. The Kier molecular flexibility index (Phi) is 6.74. The number of nitrogens with one attached hydrogen (secondary N) is 2. The summed E-state index contributed by atoms with van der Waals surface area (Å²) in [6, 6.07) is 5.04. The van der Waals surface area contributed by atoms with Gasteiger partial charge in [-0.1, -0.05) is 0 Å². The van der Waals surface area contributed by atoms with Crippen LogP contribution in [0.3, 0.4) is 0 Å². The smallest absolute Gasteiger partial charge is 0.328 e. The van der Waals surface area contributed by atoms with E-state index in [4.69, 9.17) is 4.74 Å². The van der Waals surface area contributed by atoms with Crippen molar-refractivity contribution in [2.45, 2.75) is 19.8 Å². The number of aryl methyl sites for hydroxylation is 2. The number of rotatable bonds is 7. The quantitative estimate of drug-likeness (QED) is 0.398. The lowest BCUT2D eigenvalue weighted by molar-refractivity contribution is 0.111. The first kappa shape index (κ1) is 22.8. The number of hydrogen-bond acceptors (Lipinski definition) is 9. The third kappa shape index (κ3) is 4.69. The number of nitriles is 1. The molecule has 0 aliphatic carbocycles.